The first-order chi connectivity index (χ1) is 9.72. The highest BCUT2D eigenvalue weighted by Crippen LogP contribution is 2.24. The number of benzene rings is 1. The van der Waals surface area contributed by atoms with Crippen molar-refractivity contribution in [3.63, 3.8) is 0 Å². The van der Waals surface area contributed by atoms with Crippen LogP contribution in [0.1, 0.15) is 31.2 Å². The molecule has 2 rings (SSSR count). The van der Waals surface area contributed by atoms with E-state index < -0.39 is 0 Å². The van der Waals surface area contributed by atoms with Gasteiger partial charge >= 0.3 is 0 Å². The van der Waals surface area contributed by atoms with E-state index in [1.165, 1.54) is 12.8 Å². The van der Waals surface area contributed by atoms with Gasteiger partial charge in [0.2, 0.25) is 5.91 Å². The normalized spacial score (nSPS) is 15.9. The molecule has 0 spiro atoms. The third-order valence-corrected chi connectivity index (χ3v) is 4.42. The minimum atomic E-state index is -0.0123. The minimum absolute atomic E-state index is 0.0123. The molecular weight excluding hydrogens is 318 g/mol. The van der Waals surface area contributed by atoms with Crippen LogP contribution < -0.4 is 0 Å². The van der Waals surface area contributed by atoms with E-state index in [0.29, 0.717) is 12.6 Å². The lowest BCUT2D eigenvalue weighted by Crippen LogP contribution is -2.39. The first-order valence-corrected chi connectivity index (χ1v) is 7.85. The van der Waals surface area contributed by atoms with Crippen molar-refractivity contribution in [2.24, 2.45) is 0 Å². The summed E-state index contributed by atoms with van der Waals surface area (Å²) in [6.45, 7) is 0.439. The number of rotatable bonds is 5. The number of hydrogen-bond donors (Lipinski definition) is 1. The van der Waals surface area contributed by atoms with E-state index in [9.17, 15) is 4.79 Å². The van der Waals surface area contributed by atoms with Crippen LogP contribution in [-0.2, 0) is 4.79 Å². The van der Waals surface area contributed by atoms with E-state index in [1.54, 1.807) is 11.0 Å². The Kier molecular flexibility index (Phi) is 5.80. The number of amides is 1. The fourth-order valence-corrected chi connectivity index (χ4v) is 3.08. The molecule has 1 amide bonds. The van der Waals surface area contributed by atoms with E-state index in [2.05, 4.69) is 15.9 Å². The van der Waals surface area contributed by atoms with Crippen molar-refractivity contribution < 1.29 is 9.90 Å². The van der Waals surface area contributed by atoms with Crippen molar-refractivity contribution in [1.82, 2.24) is 4.90 Å². The van der Waals surface area contributed by atoms with Gasteiger partial charge in [-0.2, -0.15) is 0 Å². The van der Waals surface area contributed by atoms with Crippen LogP contribution in [0.3, 0.4) is 0 Å². The number of hydrogen-bond acceptors (Lipinski definition) is 2. The van der Waals surface area contributed by atoms with Crippen molar-refractivity contribution in [2.75, 3.05) is 13.2 Å². The highest BCUT2D eigenvalue weighted by molar-refractivity contribution is 9.10. The molecule has 0 heterocycles. The molecule has 0 atom stereocenters. The van der Waals surface area contributed by atoms with Gasteiger partial charge in [-0.15, -0.1) is 0 Å². The van der Waals surface area contributed by atoms with Gasteiger partial charge in [0, 0.05) is 23.1 Å². The first kappa shape index (κ1) is 15.3. The summed E-state index contributed by atoms with van der Waals surface area (Å²) >= 11 is 3.46. The maximum Gasteiger partial charge on any atom is 0.246 e. The van der Waals surface area contributed by atoms with E-state index in [4.69, 9.17) is 5.11 Å². The molecule has 1 N–H and O–H groups in total. The van der Waals surface area contributed by atoms with Crippen LogP contribution in [-0.4, -0.2) is 35.1 Å². The zero-order chi connectivity index (χ0) is 14.4. The summed E-state index contributed by atoms with van der Waals surface area (Å²) in [5.41, 5.74) is 0.983. The predicted molar refractivity (Wildman–Crippen MR) is 84.2 cm³/mol. The number of aliphatic hydroxyl groups excluding tert-OH is 1. The quantitative estimate of drug-likeness (QED) is 0.838. The topological polar surface area (TPSA) is 40.5 Å². The van der Waals surface area contributed by atoms with E-state index in [-0.39, 0.29) is 12.5 Å². The second-order valence-electron chi connectivity index (χ2n) is 5.05. The summed E-state index contributed by atoms with van der Waals surface area (Å²) in [7, 11) is 0. The average Bonchev–Trinajstić information content (AvgIpc) is 2.97. The maximum atomic E-state index is 12.3. The molecule has 3 nitrogen and oxygen atoms in total. The second-order valence-corrected chi connectivity index (χ2v) is 5.90. The Morgan fingerprint density at radius 3 is 2.70 bits per heavy atom. The molecule has 0 radical (unpaired) electrons. The second kappa shape index (κ2) is 7.60. The van der Waals surface area contributed by atoms with Crippen LogP contribution in [0.25, 0.3) is 6.08 Å². The van der Waals surface area contributed by atoms with E-state index in [1.807, 2.05) is 30.3 Å². The SMILES string of the molecule is O=C(C=Cc1ccccc1Br)N(CCO)C1CCCC1. The molecule has 1 aliphatic carbocycles. The zero-order valence-corrected chi connectivity index (χ0v) is 13.1. The van der Waals surface area contributed by atoms with Crippen molar-refractivity contribution in [1.29, 1.82) is 0 Å². The molecule has 1 aliphatic rings. The maximum absolute atomic E-state index is 12.3. The molecule has 1 aromatic carbocycles. The van der Waals surface area contributed by atoms with Gasteiger partial charge in [0.05, 0.1) is 6.61 Å². The highest BCUT2D eigenvalue weighted by Gasteiger charge is 2.24. The molecule has 0 bridgehead atoms. The number of aliphatic hydroxyl groups is 1. The minimum Gasteiger partial charge on any atom is -0.395 e. The Balaban J connectivity index is 2.06. The fourth-order valence-electron chi connectivity index (χ4n) is 2.66. The molecule has 0 aromatic heterocycles. The van der Waals surface area contributed by atoms with Gasteiger partial charge in [-0.1, -0.05) is 47.0 Å². The highest BCUT2D eigenvalue weighted by atomic mass is 79.9. The summed E-state index contributed by atoms with van der Waals surface area (Å²) < 4.78 is 0.971. The van der Waals surface area contributed by atoms with Crippen LogP contribution >= 0.6 is 15.9 Å². The van der Waals surface area contributed by atoms with Crippen LogP contribution in [0.4, 0.5) is 0 Å². The van der Waals surface area contributed by atoms with Crippen LogP contribution in [0.5, 0.6) is 0 Å². The van der Waals surface area contributed by atoms with Gasteiger partial charge in [0.1, 0.15) is 0 Å². The van der Waals surface area contributed by atoms with Crippen molar-refractivity contribution in [3.8, 4) is 0 Å². The Bertz CT molecular complexity index is 481. The van der Waals surface area contributed by atoms with Gasteiger partial charge in [-0.25, -0.2) is 0 Å². The summed E-state index contributed by atoms with van der Waals surface area (Å²) in [6, 6.07) is 8.09. The van der Waals surface area contributed by atoms with Crippen LogP contribution in [0, 0.1) is 0 Å². The molecule has 0 aliphatic heterocycles. The van der Waals surface area contributed by atoms with Crippen molar-refractivity contribution in [2.45, 2.75) is 31.7 Å². The molecule has 0 unspecified atom stereocenters. The predicted octanol–water partition coefficient (Wildman–Crippen LogP) is 3.23. The zero-order valence-electron chi connectivity index (χ0n) is 11.5. The largest absolute Gasteiger partial charge is 0.395 e. The average molecular weight is 338 g/mol. The van der Waals surface area contributed by atoms with Gasteiger partial charge < -0.3 is 10.0 Å². The Hall–Kier alpha value is -1.13. The van der Waals surface area contributed by atoms with Gasteiger partial charge in [-0.05, 0) is 30.5 Å². The van der Waals surface area contributed by atoms with Crippen molar-refractivity contribution in [3.05, 3.63) is 40.4 Å². The molecule has 4 heteroatoms. The molecule has 0 saturated heterocycles. The standard InChI is InChI=1S/C16H20BrNO2/c17-15-8-4-1-5-13(15)9-10-16(20)18(11-12-19)14-6-2-3-7-14/h1,4-5,8-10,14,19H,2-3,6-7,11-12H2. The Morgan fingerprint density at radius 2 is 2.05 bits per heavy atom. The lowest BCUT2D eigenvalue weighted by Gasteiger charge is -2.27. The number of halogens is 1. The Labute approximate surface area is 128 Å². The number of nitrogens with zero attached hydrogens (tertiary/aromatic N) is 1. The molecular formula is C16H20BrNO2. The summed E-state index contributed by atoms with van der Waals surface area (Å²) in [6.07, 6.45) is 7.88. The fraction of sp³-hybridized carbons (Fsp3) is 0.438. The lowest BCUT2D eigenvalue weighted by molar-refractivity contribution is -0.128. The molecule has 1 saturated carbocycles. The van der Waals surface area contributed by atoms with E-state index in [0.717, 1.165) is 22.9 Å². The third-order valence-electron chi connectivity index (χ3n) is 3.70. The summed E-state index contributed by atoms with van der Waals surface area (Å²) in [5.74, 6) is -0.0123. The summed E-state index contributed by atoms with van der Waals surface area (Å²) in [5, 5.41) is 9.15. The van der Waals surface area contributed by atoms with Gasteiger partial charge in [0.15, 0.2) is 0 Å². The van der Waals surface area contributed by atoms with E-state index >= 15 is 0 Å². The smallest absolute Gasteiger partial charge is 0.246 e. The van der Waals surface area contributed by atoms with Gasteiger partial charge in [-0.3, -0.25) is 4.79 Å². The molecule has 20 heavy (non-hydrogen) atoms. The first-order valence-electron chi connectivity index (χ1n) is 7.06. The monoisotopic (exact) mass is 337 g/mol. The molecule has 1 aromatic rings. The van der Waals surface area contributed by atoms with Crippen LogP contribution in [0.2, 0.25) is 0 Å². The number of carbonyl (C=O) groups excluding carboxylic acids is 1. The van der Waals surface area contributed by atoms with Crippen LogP contribution in [0.15, 0.2) is 34.8 Å². The molecule has 108 valence electrons. The summed E-state index contributed by atoms with van der Waals surface area (Å²) in [4.78, 5) is 14.1. The third kappa shape index (κ3) is 3.93. The Morgan fingerprint density at radius 1 is 1.35 bits per heavy atom. The number of carbonyl (C=O) groups is 1. The van der Waals surface area contributed by atoms with Crippen molar-refractivity contribution >= 4 is 27.9 Å². The van der Waals surface area contributed by atoms with Gasteiger partial charge in [0.25, 0.3) is 0 Å². The lowest BCUT2D eigenvalue weighted by atomic mass is 10.2. The molecule has 1 fully saturated rings.